The highest BCUT2D eigenvalue weighted by Crippen LogP contribution is 2.05. The maximum Gasteiger partial charge on any atom is 0.306 e. The van der Waals surface area contributed by atoms with Crippen molar-refractivity contribution < 1.29 is 9.53 Å². The topological polar surface area (TPSA) is 65.2 Å². The number of nitrogens with zero attached hydrogens (tertiary/aromatic N) is 1. The average molecular weight is 194 g/mol. The van der Waals surface area contributed by atoms with Gasteiger partial charge in [0.15, 0.2) is 0 Å². The molecule has 0 spiro atoms. The van der Waals surface area contributed by atoms with Crippen LogP contribution in [-0.2, 0) is 16.0 Å². The number of carbonyl (C=O) groups is 1. The fourth-order valence-corrected chi connectivity index (χ4v) is 1.10. The second-order valence-corrected chi connectivity index (χ2v) is 2.89. The van der Waals surface area contributed by atoms with Gasteiger partial charge in [-0.25, -0.2) is 0 Å². The van der Waals surface area contributed by atoms with Gasteiger partial charge in [-0.15, -0.1) is 0 Å². The van der Waals surface area contributed by atoms with Crippen molar-refractivity contribution in [2.75, 3.05) is 12.3 Å². The van der Waals surface area contributed by atoms with Crippen LogP contribution >= 0.6 is 0 Å². The Balaban J connectivity index is 2.41. The van der Waals surface area contributed by atoms with Gasteiger partial charge in [-0.3, -0.25) is 9.78 Å². The van der Waals surface area contributed by atoms with E-state index in [9.17, 15) is 4.79 Å². The van der Waals surface area contributed by atoms with Crippen molar-refractivity contribution in [1.82, 2.24) is 4.98 Å². The molecule has 0 amide bonds. The van der Waals surface area contributed by atoms with Gasteiger partial charge >= 0.3 is 5.97 Å². The van der Waals surface area contributed by atoms with E-state index in [1.54, 1.807) is 25.3 Å². The maximum atomic E-state index is 11.0. The molecule has 0 unspecified atom stereocenters. The first-order valence-electron chi connectivity index (χ1n) is 4.58. The van der Waals surface area contributed by atoms with Gasteiger partial charge in [0, 0.05) is 24.0 Å². The molecule has 76 valence electrons. The summed E-state index contributed by atoms with van der Waals surface area (Å²) in [5.41, 5.74) is 7.05. The highest BCUT2D eigenvalue weighted by atomic mass is 16.5. The second-order valence-electron chi connectivity index (χ2n) is 2.89. The normalized spacial score (nSPS) is 9.79. The molecule has 0 aliphatic heterocycles. The number of aryl methyl sites for hydroxylation is 1. The molecule has 0 radical (unpaired) electrons. The molecule has 1 heterocycles. The van der Waals surface area contributed by atoms with E-state index < -0.39 is 0 Å². The van der Waals surface area contributed by atoms with Crippen LogP contribution in [0.5, 0.6) is 0 Å². The predicted molar refractivity (Wildman–Crippen MR) is 53.6 cm³/mol. The summed E-state index contributed by atoms with van der Waals surface area (Å²) in [5.74, 6) is -0.197. The van der Waals surface area contributed by atoms with E-state index in [2.05, 4.69) is 4.98 Å². The predicted octanol–water partition coefficient (Wildman–Crippen LogP) is 1.16. The van der Waals surface area contributed by atoms with Crippen LogP contribution in [-0.4, -0.2) is 17.6 Å². The van der Waals surface area contributed by atoms with Crippen LogP contribution in [0.25, 0.3) is 0 Å². The van der Waals surface area contributed by atoms with E-state index in [1.165, 1.54) is 0 Å². The molecule has 4 heteroatoms. The van der Waals surface area contributed by atoms with E-state index in [0.717, 1.165) is 5.69 Å². The summed E-state index contributed by atoms with van der Waals surface area (Å²) >= 11 is 0. The van der Waals surface area contributed by atoms with Crippen LogP contribution < -0.4 is 5.73 Å². The molecule has 14 heavy (non-hydrogen) atoms. The number of carbonyl (C=O) groups excluding carboxylic acids is 1. The molecule has 1 aromatic heterocycles. The molecule has 1 aromatic rings. The lowest BCUT2D eigenvalue weighted by atomic mass is 10.2. The fourth-order valence-electron chi connectivity index (χ4n) is 1.10. The third-order valence-electron chi connectivity index (χ3n) is 1.73. The minimum absolute atomic E-state index is 0.197. The number of hydrogen-bond donors (Lipinski definition) is 1. The summed E-state index contributed by atoms with van der Waals surface area (Å²) in [6.07, 6.45) is 2.56. The van der Waals surface area contributed by atoms with Gasteiger partial charge in [0.25, 0.3) is 0 Å². The third-order valence-corrected chi connectivity index (χ3v) is 1.73. The van der Waals surface area contributed by atoms with Crippen LogP contribution in [0.3, 0.4) is 0 Å². The Labute approximate surface area is 83.1 Å². The average Bonchev–Trinajstić information content (AvgIpc) is 2.15. The molecule has 0 atom stereocenters. The molecule has 0 aromatic carbocycles. The monoisotopic (exact) mass is 194 g/mol. The summed E-state index contributed by atoms with van der Waals surface area (Å²) in [6.45, 7) is 2.21. The van der Waals surface area contributed by atoms with E-state index in [0.29, 0.717) is 25.1 Å². The van der Waals surface area contributed by atoms with Crippen LogP contribution in [0.2, 0.25) is 0 Å². The summed E-state index contributed by atoms with van der Waals surface area (Å²) in [7, 11) is 0. The van der Waals surface area contributed by atoms with Gasteiger partial charge in [0.05, 0.1) is 13.0 Å². The molecular formula is C10H14N2O2. The summed E-state index contributed by atoms with van der Waals surface area (Å²) < 4.78 is 4.80. The molecule has 0 bridgehead atoms. The van der Waals surface area contributed by atoms with Crippen molar-refractivity contribution in [3.8, 4) is 0 Å². The number of nitrogen functional groups attached to an aromatic ring is 1. The highest BCUT2D eigenvalue weighted by Gasteiger charge is 2.03. The molecule has 1 rings (SSSR count). The summed E-state index contributed by atoms with van der Waals surface area (Å²) in [4.78, 5) is 15.1. The summed E-state index contributed by atoms with van der Waals surface area (Å²) in [6, 6.07) is 3.48. The lowest BCUT2D eigenvalue weighted by Gasteiger charge is -2.01. The third kappa shape index (κ3) is 3.43. The molecule has 0 aliphatic carbocycles. The number of nitrogens with two attached hydrogens (primary N) is 1. The lowest BCUT2D eigenvalue weighted by Crippen LogP contribution is -2.06. The van der Waals surface area contributed by atoms with Crippen LogP contribution in [0, 0.1) is 0 Å². The van der Waals surface area contributed by atoms with Crippen molar-refractivity contribution in [2.24, 2.45) is 0 Å². The minimum Gasteiger partial charge on any atom is -0.466 e. The SMILES string of the molecule is CCOC(=O)CCc1cc(N)ccn1. The highest BCUT2D eigenvalue weighted by molar-refractivity contribution is 5.69. The number of anilines is 1. The van der Waals surface area contributed by atoms with Crippen LogP contribution in [0.4, 0.5) is 5.69 Å². The number of hydrogen-bond acceptors (Lipinski definition) is 4. The Morgan fingerprint density at radius 1 is 1.64 bits per heavy atom. The van der Waals surface area contributed by atoms with E-state index >= 15 is 0 Å². The van der Waals surface area contributed by atoms with E-state index in [-0.39, 0.29) is 5.97 Å². The molecule has 0 saturated carbocycles. The molecule has 2 N–H and O–H groups in total. The van der Waals surface area contributed by atoms with Gasteiger partial charge in [-0.2, -0.15) is 0 Å². The number of ether oxygens (including phenoxy) is 1. The number of pyridine rings is 1. The number of rotatable bonds is 4. The lowest BCUT2D eigenvalue weighted by molar-refractivity contribution is -0.143. The van der Waals surface area contributed by atoms with E-state index in [4.69, 9.17) is 10.5 Å². The first-order chi connectivity index (χ1) is 6.72. The zero-order valence-electron chi connectivity index (χ0n) is 8.19. The zero-order chi connectivity index (χ0) is 10.4. The van der Waals surface area contributed by atoms with Gasteiger partial charge in [0.1, 0.15) is 0 Å². The fraction of sp³-hybridized carbons (Fsp3) is 0.400. The molecular weight excluding hydrogens is 180 g/mol. The molecule has 4 nitrogen and oxygen atoms in total. The maximum absolute atomic E-state index is 11.0. The molecule has 0 saturated heterocycles. The van der Waals surface area contributed by atoms with Gasteiger partial charge in [-0.1, -0.05) is 0 Å². The van der Waals surface area contributed by atoms with Crippen LogP contribution in [0.15, 0.2) is 18.3 Å². The first kappa shape index (κ1) is 10.5. The second kappa shape index (κ2) is 5.21. The smallest absolute Gasteiger partial charge is 0.306 e. The number of esters is 1. The summed E-state index contributed by atoms with van der Waals surface area (Å²) in [5, 5.41) is 0. The van der Waals surface area contributed by atoms with Crippen molar-refractivity contribution in [3.63, 3.8) is 0 Å². The minimum atomic E-state index is -0.197. The van der Waals surface area contributed by atoms with Crippen LogP contribution in [0.1, 0.15) is 19.0 Å². The first-order valence-corrected chi connectivity index (χ1v) is 4.58. The van der Waals surface area contributed by atoms with Gasteiger partial charge in [-0.05, 0) is 19.1 Å². The molecule has 0 fully saturated rings. The van der Waals surface area contributed by atoms with Gasteiger partial charge < -0.3 is 10.5 Å². The van der Waals surface area contributed by atoms with Gasteiger partial charge in [0.2, 0.25) is 0 Å². The Morgan fingerprint density at radius 3 is 3.07 bits per heavy atom. The zero-order valence-corrected chi connectivity index (χ0v) is 8.19. The Hall–Kier alpha value is -1.58. The van der Waals surface area contributed by atoms with Crippen molar-refractivity contribution in [2.45, 2.75) is 19.8 Å². The largest absolute Gasteiger partial charge is 0.466 e. The van der Waals surface area contributed by atoms with Crippen molar-refractivity contribution in [1.29, 1.82) is 0 Å². The quantitative estimate of drug-likeness (QED) is 0.730. The Bertz CT molecular complexity index is 313. The Morgan fingerprint density at radius 2 is 2.43 bits per heavy atom. The van der Waals surface area contributed by atoms with Crippen molar-refractivity contribution in [3.05, 3.63) is 24.0 Å². The Kier molecular flexibility index (Phi) is 3.91. The van der Waals surface area contributed by atoms with E-state index in [1.807, 2.05) is 0 Å². The van der Waals surface area contributed by atoms with Crippen molar-refractivity contribution >= 4 is 11.7 Å². The standard InChI is InChI=1S/C10H14N2O2/c1-2-14-10(13)4-3-9-7-8(11)5-6-12-9/h5-7H,2-4H2,1H3,(H2,11,12). The molecule has 0 aliphatic rings. The number of aromatic nitrogens is 1.